The fourth-order valence-corrected chi connectivity index (χ4v) is 3.23. The Morgan fingerprint density at radius 3 is 2.08 bits per heavy atom. The third-order valence-electron chi connectivity index (χ3n) is 4.70. The Morgan fingerprint density at radius 2 is 1.54 bits per heavy atom. The summed E-state index contributed by atoms with van der Waals surface area (Å²) in [6.45, 7) is 3.42. The van der Waals surface area contributed by atoms with Crippen LogP contribution in [0.15, 0.2) is 18.2 Å². The zero-order valence-electron chi connectivity index (χ0n) is 14.3. The lowest BCUT2D eigenvalue weighted by Crippen LogP contribution is -2.51. The first-order chi connectivity index (χ1) is 11.5. The first kappa shape index (κ1) is 16.7. The second-order valence-electron chi connectivity index (χ2n) is 6.20. The Morgan fingerprint density at radius 1 is 0.958 bits per heavy atom. The molecule has 0 saturated carbocycles. The van der Waals surface area contributed by atoms with Gasteiger partial charge in [0.25, 0.3) is 5.91 Å². The van der Waals surface area contributed by atoms with Crippen LogP contribution in [0.3, 0.4) is 0 Å². The van der Waals surface area contributed by atoms with E-state index >= 15 is 0 Å². The molecule has 1 aromatic rings. The lowest BCUT2D eigenvalue weighted by Gasteiger charge is -2.35. The number of benzene rings is 1. The van der Waals surface area contributed by atoms with E-state index < -0.39 is 0 Å². The molecule has 1 aromatic carbocycles. The van der Waals surface area contributed by atoms with Gasteiger partial charge in [0.2, 0.25) is 5.91 Å². The van der Waals surface area contributed by atoms with Crippen molar-refractivity contribution in [3.63, 3.8) is 0 Å². The normalized spacial score (nSPS) is 23.0. The monoisotopic (exact) mass is 333 g/mol. The van der Waals surface area contributed by atoms with E-state index in [-0.39, 0.29) is 24.3 Å². The van der Waals surface area contributed by atoms with Crippen molar-refractivity contribution in [2.24, 2.45) is 0 Å². The van der Waals surface area contributed by atoms with Crippen LogP contribution in [0.25, 0.3) is 0 Å². The molecule has 2 fully saturated rings. The minimum atomic E-state index is -0.372. The lowest BCUT2D eigenvalue weighted by atomic mass is 10.2. The summed E-state index contributed by atoms with van der Waals surface area (Å²) >= 11 is 0. The van der Waals surface area contributed by atoms with Gasteiger partial charge in [-0.1, -0.05) is 0 Å². The van der Waals surface area contributed by atoms with E-state index in [1.807, 2.05) is 0 Å². The summed E-state index contributed by atoms with van der Waals surface area (Å²) in [5.74, 6) is 0.750. The molecule has 2 amide bonds. The van der Waals surface area contributed by atoms with Crippen LogP contribution >= 0.6 is 0 Å². The second kappa shape index (κ2) is 6.78. The van der Waals surface area contributed by atoms with Gasteiger partial charge < -0.3 is 14.4 Å². The van der Waals surface area contributed by atoms with Gasteiger partial charge in [-0.15, -0.1) is 0 Å². The molecule has 2 aliphatic heterocycles. The number of amides is 2. The zero-order chi connectivity index (χ0) is 17.3. The molecule has 0 aliphatic carbocycles. The number of methoxy groups -OCH3 is 2. The van der Waals surface area contributed by atoms with Crippen LogP contribution in [0.2, 0.25) is 0 Å². The maximum Gasteiger partial charge on any atom is 0.251 e. The van der Waals surface area contributed by atoms with Gasteiger partial charge in [-0.05, 0) is 7.05 Å². The van der Waals surface area contributed by atoms with Crippen LogP contribution in [0.1, 0.15) is 6.42 Å². The highest BCUT2D eigenvalue weighted by molar-refractivity contribution is 6.22. The van der Waals surface area contributed by atoms with Crippen molar-refractivity contribution in [2.75, 3.05) is 52.3 Å². The Balaban J connectivity index is 1.84. The van der Waals surface area contributed by atoms with Crippen molar-refractivity contribution in [3.05, 3.63) is 18.2 Å². The average molecular weight is 333 g/mol. The number of imide groups is 1. The van der Waals surface area contributed by atoms with Gasteiger partial charge in [-0.3, -0.25) is 14.5 Å². The molecule has 130 valence electrons. The standard InChI is InChI=1S/C17H23N3O4/c1-18-4-6-19(7-5-18)15-11-16(21)20(17(15)22)12-8-13(23-2)10-14(9-12)24-3/h8-10,15H,4-7,11H2,1-3H3/t15-/m1/s1. The molecule has 0 spiro atoms. The summed E-state index contributed by atoms with van der Waals surface area (Å²) < 4.78 is 10.5. The first-order valence-electron chi connectivity index (χ1n) is 8.06. The van der Waals surface area contributed by atoms with E-state index in [1.54, 1.807) is 32.4 Å². The third kappa shape index (κ3) is 3.09. The van der Waals surface area contributed by atoms with Crippen molar-refractivity contribution >= 4 is 17.5 Å². The number of anilines is 1. The van der Waals surface area contributed by atoms with E-state index in [2.05, 4.69) is 16.8 Å². The molecule has 24 heavy (non-hydrogen) atoms. The fraction of sp³-hybridized carbons (Fsp3) is 0.529. The molecule has 2 aliphatic rings. The number of hydrogen-bond acceptors (Lipinski definition) is 6. The number of carbonyl (C=O) groups excluding carboxylic acids is 2. The summed E-state index contributed by atoms with van der Waals surface area (Å²) in [5, 5.41) is 0. The lowest BCUT2D eigenvalue weighted by molar-refractivity contribution is -0.123. The number of ether oxygens (including phenoxy) is 2. The molecule has 0 bridgehead atoms. The summed E-state index contributed by atoms with van der Waals surface area (Å²) in [5.41, 5.74) is 0.498. The van der Waals surface area contributed by atoms with Crippen molar-refractivity contribution in [3.8, 4) is 11.5 Å². The van der Waals surface area contributed by atoms with Crippen molar-refractivity contribution < 1.29 is 19.1 Å². The minimum Gasteiger partial charge on any atom is -0.497 e. The number of nitrogens with zero attached hydrogens (tertiary/aromatic N) is 3. The third-order valence-corrected chi connectivity index (χ3v) is 4.70. The van der Waals surface area contributed by atoms with Gasteiger partial charge in [0.1, 0.15) is 11.5 Å². The smallest absolute Gasteiger partial charge is 0.251 e. The topological polar surface area (TPSA) is 62.3 Å². The summed E-state index contributed by atoms with van der Waals surface area (Å²) in [6, 6.07) is 4.71. The van der Waals surface area contributed by atoms with Crippen LogP contribution in [0, 0.1) is 0 Å². The molecular formula is C17H23N3O4. The SMILES string of the molecule is COc1cc(OC)cc(N2C(=O)C[C@@H](N3CCN(C)CC3)C2=O)c1. The minimum absolute atomic E-state index is 0.167. The molecule has 3 rings (SSSR count). The molecule has 7 heteroatoms. The number of hydrogen-bond donors (Lipinski definition) is 0. The number of likely N-dealkylation sites (N-methyl/N-ethyl adjacent to an activating group) is 1. The van der Waals surface area contributed by atoms with Gasteiger partial charge in [0.15, 0.2) is 0 Å². The second-order valence-corrected chi connectivity index (χ2v) is 6.20. The number of rotatable bonds is 4. The Kier molecular flexibility index (Phi) is 4.73. The Labute approximate surface area is 141 Å². The quantitative estimate of drug-likeness (QED) is 0.752. The van der Waals surface area contributed by atoms with Gasteiger partial charge in [-0.25, -0.2) is 4.90 Å². The molecule has 2 heterocycles. The van der Waals surface area contributed by atoms with Crippen LogP contribution in [-0.4, -0.2) is 75.1 Å². The molecule has 0 unspecified atom stereocenters. The van der Waals surface area contributed by atoms with Crippen LogP contribution < -0.4 is 14.4 Å². The van der Waals surface area contributed by atoms with Crippen LogP contribution in [-0.2, 0) is 9.59 Å². The molecule has 7 nitrogen and oxygen atoms in total. The summed E-state index contributed by atoms with van der Waals surface area (Å²) in [6.07, 6.45) is 0.224. The van der Waals surface area contributed by atoms with Crippen molar-refractivity contribution in [1.82, 2.24) is 9.80 Å². The van der Waals surface area contributed by atoms with E-state index in [4.69, 9.17) is 9.47 Å². The number of piperazine rings is 1. The maximum absolute atomic E-state index is 12.9. The molecular weight excluding hydrogens is 310 g/mol. The highest BCUT2D eigenvalue weighted by atomic mass is 16.5. The van der Waals surface area contributed by atoms with E-state index in [9.17, 15) is 9.59 Å². The van der Waals surface area contributed by atoms with Crippen LogP contribution in [0.4, 0.5) is 5.69 Å². The van der Waals surface area contributed by atoms with Gasteiger partial charge in [-0.2, -0.15) is 0 Å². The summed E-state index contributed by atoms with van der Waals surface area (Å²) in [4.78, 5) is 30.9. The first-order valence-corrected chi connectivity index (χ1v) is 8.06. The fourth-order valence-electron chi connectivity index (χ4n) is 3.23. The highest BCUT2D eigenvalue weighted by Crippen LogP contribution is 2.32. The van der Waals surface area contributed by atoms with Gasteiger partial charge in [0, 0.05) is 44.4 Å². The van der Waals surface area contributed by atoms with Crippen molar-refractivity contribution in [2.45, 2.75) is 12.5 Å². The molecule has 0 N–H and O–H groups in total. The van der Waals surface area contributed by atoms with E-state index in [0.717, 1.165) is 26.2 Å². The van der Waals surface area contributed by atoms with E-state index in [0.29, 0.717) is 17.2 Å². The van der Waals surface area contributed by atoms with Crippen molar-refractivity contribution in [1.29, 1.82) is 0 Å². The molecule has 1 atom stereocenters. The Hall–Kier alpha value is -2.12. The highest BCUT2D eigenvalue weighted by Gasteiger charge is 2.43. The van der Waals surface area contributed by atoms with Gasteiger partial charge >= 0.3 is 0 Å². The predicted molar refractivity (Wildman–Crippen MR) is 89.5 cm³/mol. The molecule has 2 saturated heterocycles. The van der Waals surface area contributed by atoms with E-state index in [1.165, 1.54) is 4.90 Å². The number of carbonyl (C=O) groups is 2. The Bertz CT molecular complexity index is 618. The maximum atomic E-state index is 12.9. The largest absolute Gasteiger partial charge is 0.497 e. The van der Waals surface area contributed by atoms with Crippen LogP contribution in [0.5, 0.6) is 11.5 Å². The average Bonchev–Trinajstić information content (AvgIpc) is 2.89. The van der Waals surface area contributed by atoms with Gasteiger partial charge in [0.05, 0.1) is 32.4 Å². The predicted octanol–water partition coefficient (Wildman–Crippen LogP) is 0.583. The summed E-state index contributed by atoms with van der Waals surface area (Å²) in [7, 11) is 5.15. The molecule has 0 aromatic heterocycles. The molecule has 0 radical (unpaired) electrons. The zero-order valence-corrected chi connectivity index (χ0v) is 14.3.